The van der Waals surface area contributed by atoms with Gasteiger partial charge in [0, 0.05) is 0 Å². The number of esters is 1. The normalized spacial score (nSPS) is 11.3. The van der Waals surface area contributed by atoms with Gasteiger partial charge in [0.25, 0.3) is 0 Å². The highest BCUT2D eigenvalue weighted by Gasteiger charge is 2.27. The molecule has 0 heterocycles. The largest absolute Gasteiger partial charge is 0.489 e. The monoisotopic (exact) mass is 348 g/mol. The predicted molar refractivity (Wildman–Crippen MR) is 104 cm³/mol. The number of carbonyl (C=O) groups is 1. The van der Waals surface area contributed by atoms with Gasteiger partial charge in [0.1, 0.15) is 18.1 Å². The summed E-state index contributed by atoms with van der Waals surface area (Å²) in [4.78, 5) is 12.1. The first-order valence-corrected chi connectivity index (χ1v) is 8.91. The van der Waals surface area contributed by atoms with Crippen LogP contribution in [-0.4, -0.2) is 5.97 Å². The van der Waals surface area contributed by atoms with Gasteiger partial charge in [-0.25, -0.2) is 0 Å². The molecule has 0 N–H and O–H groups in total. The number of ether oxygens (including phenoxy) is 2. The molecule has 3 aromatic carbocycles. The number of carbonyl (C=O) groups excluding carboxylic acids is 1. The fourth-order valence-corrected chi connectivity index (χ4v) is 2.49. The highest BCUT2D eigenvalue weighted by Crippen LogP contribution is 2.25. The summed E-state index contributed by atoms with van der Waals surface area (Å²) >= 11 is 0. The molecule has 134 valence electrons. The van der Waals surface area contributed by atoms with Crippen molar-refractivity contribution in [2.75, 3.05) is 0 Å². The van der Waals surface area contributed by atoms with Gasteiger partial charge in [0.05, 0.1) is 5.41 Å². The van der Waals surface area contributed by atoms with Gasteiger partial charge in [-0.05, 0) is 66.9 Å². The van der Waals surface area contributed by atoms with Crippen LogP contribution in [-0.2, 0) is 11.4 Å². The Labute approximate surface area is 154 Å². The Morgan fingerprint density at radius 3 is 2.23 bits per heavy atom. The molecular formula is C23H24O3. The minimum Gasteiger partial charge on any atom is -0.489 e. The van der Waals surface area contributed by atoms with Crippen LogP contribution < -0.4 is 9.47 Å². The van der Waals surface area contributed by atoms with E-state index in [1.54, 1.807) is 12.1 Å². The molecule has 0 bridgehead atoms. The summed E-state index contributed by atoms with van der Waals surface area (Å²) in [5.74, 6) is 1.06. The predicted octanol–water partition coefficient (Wildman–Crippen LogP) is 5.76. The van der Waals surface area contributed by atoms with E-state index in [4.69, 9.17) is 9.47 Å². The molecule has 0 aliphatic carbocycles. The molecule has 0 spiro atoms. The molecule has 26 heavy (non-hydrogen) atoms. The van der Waals surface area contributed by atoms with Gasteiger partial charge in [-0.1, -0.05) is 43.3 Å². The Morgan fingerprint density at radius 1 is 0.885 bits per heavy atom. The second kappa shape index (κ2) is 7.61. The first-order valence-electron chi connectivity index (χ1n) is 8.91. The summed E-state index contributed by atoms with van der Waals surface area (Å²) in [6.45, 7) is 6.24. The molecule has 0 radical (unpaired) electrons. The van der Waals surface area contributed by atoms with E-state index in [1.165, 1.54) is 10.8 Å². The summed E-state index contributed by atoms with van der Waals surface area (Å²) < 4.78 is 11.3. The maximum Gasteiger partial charge on any atom is 0.316 e. The lowest BCUT2D eigenvalue weighted by Crippen LogP contribution is -2.28. The molecule has 0 aliphatic rings. The van der Waals surface area contributed by atoms with Gasteiger partial charge in [0.2, 0.25) is 0 Å². The van der Waals surface area contributed by atoms with E-state index in [1.807, 2.05) is 45.0 Å². The summed E-state index contributed by atoms with van der Waals surface area (Å²) in [6.07, 6.45) is 0.735. The molecular weight excluding hydrogens is 324 g/mol. The van der Waals surface area contributed by atoms with E-state index in [0.29, 0.717) is 12.4 Å². The van der Waals surface area contributed by atoms with Crippen molar-refractivity contribution >= 4 is 16.7 Å². The van der Waals surface area contributed by atoms with E-state index in [0.717, 1.165) is 17.7 Å². The zero-order chi connectivity index (χ0) is 18.6. The quantitative estimate of drug-likeness (QED) is 0.420. The number of benzene rings is 3. The van der Waals surface area contributed by atoms with Gasteiger partial charge in [-0.3, -0.25) is 4.79 Å². The van der Waals surface area contributed by atoms with Crippen LogP contribution in [0.25, 0.3) is 10.8 Å². The fraction of sp³-hybridized carbons (Fsp3) is 0.261. The fourth-order valence-electron chi connectivity index (χ4n) is 2.49. The maximum absolute atomic E-state index is 12.1. The number of hydrogen-bond donors (Lipinski definition) is 0. The molecule has 3 rings (SSSR count). The van der Waals surface area contributed by atoms with Crippen LogP contribution in [0.15, 0.2) is 66.7 Å². The lowest BCUT2D eigenvalue weighted by molar-refractivity contribution is -0.144. The van der Waals surface area contributed by atoms with E-state index in [2.05, 4.69) is 30.3 Å². The third kappa shape index (κ3) is 4.23. The topological polar surface area (TPSA) is 35.5 Å². The van der Waals surface area contributed by atoms with Gasteiger partial charge < -0.3 is 9.47 Å². The van der Waals surface area contributed by atoms with Crippen LogP contribution >= 0.6 is 0 Å². The molecule has 0 saturated heterocycles. The Hall–Kier alpha value is -2.81. The van der Waals surface area contributed by atoms with Crippen molar-refractivity contribution in [3.8, 4) is 11.5 Å². The summed E-state index contributed by atoms with van der Waals surface area (Å²) in [6, 6.07) is 21.8. The van der Waals surface area contributed by atoms with Crippen molar-refractivity contribution in [2.45, 2.75) is 33.8 Å². The molecule has 3 heteroatoms. The number of fused-ring (bicyclic) bond motifs is 1. The Balaban J connectivity index is 1.61. The number of rotatable bonds is 6. The van der Waals surface area contributed by atoms with Crippen LogP contribution in [0.4, 0.5) is 0 Å². The van der Waals surface area contributed by atoms with Crippen LogP contribution in [0.1, 0.15) is 32.8 Å². The molecule has 0 fully saturated rings. The Morgan fingerprint density at radius 2 is 1.54 bits per heavy atom. The van der Waals surface area contributed by atoms with Crippen molar-refractivity contribution in [1.29, 1.82) is 0 Å². The standard InChI is InChI=1S/C23H24O3/c1-4-23(2,3)22(24)26-21-13-11-20(12-14-21)25-16-17-9-10-18-7-5-6-8-19(18)15-17/h5-15H,4,16H2,1-3H3. The second-order valence-corrected chi connectivity index (χ2v) is 7.07. The van der Waals surface area contributed by atoms with Gasteiger partial charge in [-0.2, -0.15) is 0 Å². The van der Waals surface area contributed by atoms with E-state index < -0.39 is 5.41 Å². The lowest BCUT2D eigenvalue weighted by Gasteiger charge is -2.20. The van der Waals surface area contributed by atoms with Crippen molar-refractivity contribution < 1.29 is 14.3 Å². The highest BCUT2D eigenvalue weighted by molar-refractivity contribution is 5.83. The minimum atomic E-state index is -0.481. The van der Waals surface area contributed by atoms with Crippen molar-refractivity contribution in [2.24, 2.45) is 5.41 Å². The number of hydrogen-bond acceptors (Lipinski definition) is 3. The summed E-state index contributed by atoms with van der Waals surface area (Å²) in [5.41, 5.74) is 0.634. The molecule has 3 aromatic rings. The zero-order valence-corrected chi connectivity index (χ0v) is 15.5. The molecule has 0 amide bonds. The minimum absolute atomic E-state index is 0.218. The third-order valence-corrected chi connectivity index (χ3v) is 4.69. The summed E-state index contributed by atoms with van der Waals surface area (Å²) in [7, 11) is 0. The van der Waals surface area contributed by atoms with Gasteiger partial charge in [-0.15, -0.1) is 0 Å². The molecule has 0 unspecified atom stereocenters. The summed E-state index contributed by atoms with van der Waals surface area (Å²) in [5, 5.41) is 2.42. The first-order chi connectivity index (χ1) is 12.5. The Bertz CT molecular complexity index is 895. The zero-order valence-electron chi connectivity index (χ0n) is 15.5. The van der Waals surface area contributed by atoms with Crippen molar-refractivity contribution in [3.05, 3.63) is 72.3 Å². The molecule has 0 atom stereocenters. The van der Waals surface area contributed by atoms with Crippen molar-refractivity contribution in [1.82, 2.24) is 0 Å². The third-order valence-electron chi connectivity index (χ3n) is 4.69. The molecule has 0 aliphatic heterocycles. The van der Waals surface area contributed by atoms with Crippen LogP contribution in [0, 0.1) is 5.41 Å². The molecule has 0 aromatic heterocycles. The van der Waals surface area contributed by atoms with E-state index >= 15 is 0 Å². The lowest BCUT2D eigenvalue weighted by atomic mass is 9.91. The average molecular weight is 348 g/mol. The SMILES string of the molecule is CCC(C)(C)C(=O)Oc1ccc(OCc2ccc3ccccc3c2)cc1. The van der Waals surface area contributed by atoms with E-state index in [-0.39, 0.29) is 5.97 Å². The van der Waals surface area contributed by atoms with Crippen molar-refractivity contribution in [3.63, 3.8) is 0 Å². The maximum atomic E-state index is 12.1. The highest BCUT2D eigenvalue weighted by atomic mass is 16.5. The van der Waals surface area contributed by atoms with Gasteiger partial charge >= 0.3 is 5.97 Å². The Kier molecular flexibility index (Phi) is 5.27. The van der Waals surface area contributed by atoms with E-state index in [9.17, 15) is 4.79 Å². The first kappa shape index (κ1) is 18.0. The van der Waals surface area contributed by atoms with Gasteiger partial charge in [0.15, 0.2) is 0 Å². The molecule has 0 saturated carbocycles. The average Bonchev–Trinajstić information content (AvgIpc) is 2.67. The second-order valence-electron chi connectivity index (χ2n) is 7.07. The van der Waals surface area contributed by atoms with Crippen LogP contribution in [0.3, 0.4) is 0 Å². The van der Waals surface area contributed by atoms with Crippen LogP contribution in [0.2, 0.25) is 0 Å². The smallest absolute Gasteiger partial charge is 0.316 e. The van der Waals surface area contributed by atoms with Crippen LogP contribution in [0.5, 0.6) is 11.5 Å². The molecule has 3 nitrogen and oxygen atoms in total.